The van der Waals surface area contributed by atoms with Gasteiger partial charge >= 0.3 is 5.97 Å². The van der Waals surface area contributed by atoms with E-state index in [9.17, 15) is 18.4 Å². The van der Waals surface area contributed by atoms with Crippen LogP contribution in [0.25, 0.3) is 0 Å². The number of methoxy groups -OCH3 is 1. The summed E-state index contributed by atoms with van der Waals surface area (Å²) >= 11 is 0. The zero-order valence-electron chi connectivity index (χ0n) is 11.4. The number of esters is 1. The summed E-state index contributed by atoms with van der Waals surface area (Å²) in [6, 6.07) is 4.61. The molecule has 112 valence electrons. The molecule has 0 N–H and O–H groups in total. The van der Waals surface area contributed by atoms with Crippen molar-refractivity contribution in [2.75, 3.05) is 13.7 Å². The zero-order chi connectivity index (χ0) is 15.6. The maximum absolute atomic E-state index is 13.5. The highest BCUT2D eigenvalue weighted by Gasteiger charge is 2.60. The minimum Gasteiger partial charge on any atom is -0.496 e. The summed E-state index contributed by atoms with van der Waals surface area (Å²) in [6.07, 6.45) is -2.31. The number of fused-ring (bicyclic) bond motifs is 1. The molecule has 1 aromatic rings. The lowest BCUT2D eigenvalue weighted by atomic mass is 9.84. The molecule has 21 heavy (non-hydrogen) atoms. The second-order valence-corrected chi connectivity index (χ2v) is 4.66. The maximum Gasteiger partial charge on any atom is 0.326 e. The van der Waals surface area contributed by atoms with Crippen LogP contribution in [-0.4, -0.2) is 31.9 Å². The molecular formula is C15H14F2O4. The highest BCUT2D eigenvalue weighted by molar-refractivity contribution is 6.17. The molecule has 0 bridgehead atoms. The molecule has 0 heterocycles. The van der Waals surface area contributed by atoms with E-state index in [-0.39, 0.29) is 17.9 Å². The Balaban J connectivity index is 2.50. The second-order valence-electron chi connectivity index (χ2n) is 4.66. The van der Waals surface area contributed by atoms with Crippen LogP contribution in [0.15, 0.2) is 30.9 Å². The monoisotopic (exact) mass is 296 g/mol. The lowest BCUT2D eigenvalue weighted by molar-refractivity contribution is -0.159. The van der Waals surface area contributed by atoms with Crippen molar-refractivity contribution >= 4 is 11.8 Å². The number of alkyl halides is 2. The molecule has 0 spiro atoms. The Morgan fingerprint density at radius 2 is 2.24 bits per heavy atom. The van der Waals surface area contributed by atoms with Gasteiger partial charge in [-0.2, -0.15) is 0 Å². The maximum atomic E-state index is 13.5. The van der Waals surface area contributed by atoms with Gasteiger partial charge in [-0.25, -0.2) is 8.78 Å². The first kappa shape index (κ1) is 15.2. The van der Waals surface area contributed by atoms with Crippen LogP contribution in [0.1, 0.15) is 15.9 Å². The predicted molar refractivity (Wildman–Crippen MR) is 70.6 cm³/mol. The minimum atomic E-state index is -3.17. The normalized spacial score (nSPS) is 20.3. The van der Waals surface area contributed by atoms with E-state index in [0.29, 0.717) is 5.56 Å². The van der Waals surface area contributed by atoms with Gasteiger partial charge in [0.2, 0.25) is 0 Å². The molecule has 2 rings (SSSR count). The number of carbonyl (C=O) groups excluding carboxylic acids is 2. The van der Waals surface area contributed by atoms with Gasteiger partial charge in [0, 0.05) is 6.42 Å². The standard InChI is InChI=1S/C15H14F2O4/c1-3-7-21-14(19)15(13(16)17)8-9-5-4-6-10(20-2)11(9)12(15)18/h3-6,13H,1,7-8H2,2H3. The number of hydrogen-bond donors (Lipinski definition) is 0. The van der Waals surface area contributed by atoms with Crippen molar-refractivity contribution in [1.82, 2.24) is 0 Å². The van der Waals surface area contributed by atoms with Gasteiger partial charge in [-0.1, -0.05) is 24.8 Å². The van der Waals surface area contributed by atoms with Crippen LogP contribution in [0, 0.1) is 5.41 Å². The van der Waals surface area contributed by atoms with E-state index in [1.54, 1.807) is 6.07 Å². The fourth-order valence-electron chi connectivity index (χ4n) is 2.45. The number of benzene rings is 1. The summed E-state index contributed by atoms with van der Waals surface area (Å²) in [4.78, 5) is 24.5. The predicted octanol–water partition coefficient (Wildman–Crippen LogP) is 2.41. The molecule has 0 amide bonds. The van der Waals surface area contributed by atoms with Gasteiger partial charge in [-0.3, -0.25) is 9.59 Å². The van der Waals surface area contributed by atoms with Gasteiger partial charge in [0.25, 0.3) is 6.43 Å². The first-order valence-corrected chi connectivity index (χ1v) is 6.26. The number of carbonyl (C=O) groups is 2. The van der Waals surface area contributed by atoms with Crippen molar-refractivity contribution in [2.45, 2.75) is 12.8 Å². The molecular weight excluding hydrogens is 282 g/mol. The van der Waals surface area contributed by atoms with E-state index in [2.05, 4.69) is 6.58 Å². The lowest BCUT2D eigenvalue weighted by Gasteiger charge is -2.23. The largest absolute Gasteiger partial charge is 0.496 e. The Bertz CT molecular complexity index is 597. The summed E-state index contributed by atoms with van der Waals surface area (Å²) in [5.74, 6) is -2.02. The summed E-state index contributed by atoms with van der Waals surface area (Å²) in [5.41, 5.74) is -2.12. The molecule has 1 aliphatic carbocycles. The third kappa shape index (κ3) is 2.20. The first-order valence-electron chi connectivity index (χ1n) is 6.26. The van der Waals surface area contributed by atoms with E-state index in [4.69, 9.17) is 9.47 Å². The lowest BCUT2D eigenvalue weighted by Crippen LogP contribution is -2.45. The molecule has 0 saturated heterocycles. The van der Waals surface area contributed by atoms with Gasteiger partial charge in [0.15, 0.2) is 11.2 Å². The van der Waals surface area contributed by atoms with Crippen LogP contribution in [0.3, 0.4) is 0 Å². The van der Waals surface area contributed by atoms with Crippen molar-refractivity contribution < 1.29 is 27.8 Å². The third-order valence-electron chi connectivity index (χ3n) is 3.50. The third-order valence-corrected chi connectivity index (χ3v) is 3.50. The molecule has 6 heteroatoms. The Labute approximate surface area is 120 Å². The second kappa shape index (κ2) is 5.63. The Hall–Kier alpha value is -2.24. The average Bonchev–Trinajstić information content (AvgIpc) is 2.79. The Morgan fingerprint density at radius 1 is 1.52 bits per heavy atom. The van der Waals surface area contributed by atoms with Crippen molar-refractivity contribution in [2.24, 2.45) is 5.41 Å². The zero-order valence-corrected chi connectivity index (χ0v) is 11.4. The van der Waals surface area contributed by atoms with Crippen LogP contribution in [-0.2, 0) is 16.0 Å². The molecule has 0 radical (unpaired) electrons. The van der Waals surface area contributed by atoms with Crippen LogP contribution in [0.4, 0.5) is 8.78 Å². The number of hydrogen-bond acceptors (Lipinski definition) is 4. The van der Waals surface area contributed by atoms with Gasteiger partial charge in [-0.15, -0.1) is 0 Å². The topological polar surface area (TPSA) is 52.6 Å². The molecule has 1 unspecified atom stereocenters. The number of ketones is 1. The first-order chi connectivity index (χ1) is 9.98. The fraction of sp³-hybridized carbons (Fsp3) is 0.333. The number of halogens is 2. The minimum absolute atomic E-state index is 0.0239. The van der Waals surface area contributed by atoms with Crippen molar-refractivity contribution in [3.63, 3.8) is 0 Å². The molecule has 0 aliphatic heterocycles. The SMILES string of the molecule is C=CCOC(=O)C1(C(F)F)Cc2cccc(OC)c2C1=O. The van der Waals surface area contributed by atoms with Gasteiger partial charge in [0.05, 0.1) is 12.7 Å². The van der Waals surface area contributed by atoms with Crippen molar-refractivity contribution in [3.05, 3.63) is 42.0 Å². The Kier molecular flexibility index (Phi) is 4.06. The summed E-state index contributed by atoms with van der Waals surface area (Å²) in [5, 5.41) is 0. The summed E-state index contributed by atoms with van der Waals surface area (Å²) < 4.78 is 36.8. The molecule has 1 atom stereocenters. The number of ether oxygens (including phenoxy) is 2. The number of Topliss-reactive ketones (excluding diaryl/α,β-unsaturated/α-hetero) is 1. The molecule has 1 aromatic carbocycles. The van der Waals surface area contributed by atoms with Gasteiger partial charge in [-0.05, 0) is 11.6 Å². The van der Waals surface area contributed by atoms with E-state index < -0.39 is 30.0 Å². The molecule has 0 aromatic heterocycles. The highest BCUT2D eigenvalue weighted by atomic mass is 19.3. The van der Waals surface area contributed by atoms with E-state index in [0.717, 1.165) is 0 Å². The van der Waals surface area contributed by atoms with Crippen LogP contribution >= 0.6 is 0 Å². The van der Waals surface area contributed by atoms with Crippen molar-refractivity contribution in [1.29, 1.82) is 0 Å². The smallest absolute Gasteiger partial charge is 0.326 e. The average molecular weight is 296 g/mol. The molecule has 0 fully saturated rings. The summed E-state index contributed by atoms with van der Waals surface area (Å²) in [7, 11) is 1.33. The van der Waals surface area contributed by atoms with E-state index in [1.807, 2.05) is 0 Å². The molecule has 1 aliphatic rings. The molecule has 4 nitrogen and oxygen atoms in total. The highest BCUT2D eigenvalue weighted by Crippen LogP contribution is 2.45. The fourth-order valence-corrected chi connectivity index (χ4v) is 2.45. The van der Waals surface area contributed by atoms with Gasteiger partial charge < -0.3 is 9.47 Å². The summed E-state index contributed by atoms with van der Waals surface area (Å²) in [6.45, 7) is 3.11. The van der Waals surface area contributed by atoms with Crippen LogP contribution in [0.5, 0.6) is 5.75 Å². The quantitative estimate of drug-likeness (QED) is 0.476. The van der Waals surface area contributed by atoms with Crippen LogP contribution < -0.4 is 4.74 Å². The van der Waals surface area contributed by atoms with E-state index in [1.165, 1.54) is 25.3 Å². The molecule has 0 saturated carbocycles. The van der Waals surface area contributed by atoms with Gasteiger partial charge in [0.1, 0.15) is 12.4 Å². The van der Waals surface area contributed by atoms with Crippen molar-refractivity contribution in [3.8, 4) is 5.75 Å². The Morgan fingerprint density at radius 3 is 2.81 bits per heavy atom. The number of rotatable bonds is 5. The van der Waals surface area contributed by atoms with E-state index >= 15 is 0 Å². The van der Waals surface area contributed by atoms with Crippen LogP contribution in [0.2, 0.25) is 0 Å².